The molecule has 0 saturated carbocycles. The lowest BCUT2D eigenvalue weighted by Gasteiger charge is -2.01. The first-order valence-electron chi connectivity index (χ1n) is 5.59. The molecule has 0 fully saturated rings. The number of allylic oxidation sites excluding steroid dienone is 1. The van der Waals surface area contributed by atoms with E-state index < -0.39 is 0 Å². The third-order valence-electron chi connectivity index (χ3n) is 2.64. The summed E-state index contributed by atoms with van der Waals surface area (Å²) in [6.07, 6.45) is 3.56. The highest BCUT2D eigenvalue weighted by atomic mass is 32.2. The van der Waals surface area contributed by atoms with Gasteiger partial charge in [-0.1, -0.05) is 36.0 Å². The molecular weight excluding hydrogens is 278 g/mol. The molecule has 0 radical (unpaired) electrons. The lowest BCUT2D eigenvalue weighted by atomic mass is 10.2. The minimum Gasteiger partial charge on any atom is -0.493 e. The summed E-state index contributed by atoms with van der Waals surface area (Å²) < 4.78 is 2.17. The molecule has 4 nitrogen and oxygen atoms in total. The van der Waals surface area contributed by atoms with Gasteiger partial charge in [0.2, 0.25) is 5.88 Å². The van der Waals surface area contributed by atoms with Gasteiger partial charge in [-0.15, -0.1) is 16.8 Å². The van der Waals surface area contributed by atoms with Crippen LogP contribution in [0.1, 0.15) is 0 Å². The maximum atomic E-state index is 10.2. The van der Waals surface area contributed by atoms with Crippen molar-refractivity contribution in [3.8, 4) is 5.88 Å². The highest BCUT2D eigenvalue weighted by molar-refractivity contribution is 8.22. The Morgan fingerprint density at radius 3 is 2.95 bits per heavy atom. The molecule has 19 heavy (non-hydrogen) atoms. The molecule has 6 heteroatoms. The maximum Gasteiger partial charge on any atom is 0.221 e. The Balaban J connectivity index is 2.60. The van der Waals surface area contributed by atoms with Crippen LogP contribution < -0.4 is 0 Å². The molecule has 2 rings (SSSR count). The van der Waals surface area contributed by atoms with Crippen molar-refractivity contribution in [1.29, 1.82) is 0 Å². The lowest BCUT2D eigenvalue weighted by molar-refractivity contribution is 0.431. The first-order chi connectivity index (χ1) is 9.19. The number of hydrogen-bond acceptors (Lipinski definition) is 4. The van der Waals surface area contributed by atoms with Crippen LogP contribution in [-0.4, -0.2) is 20.2 Å². The second-order valence-electron chi connectivity index (χ2n) is 3.76. The fraction of sp³-hybridized carbons (Fsp3) is 0.154. The largest absolute Gasteiger partial charge is 0.493 e. The molecule has 98 valence electrons. The van der Waals surface area contributed by atoms with Crippen LogP contribution in [0.3, 0.4) is 0 Å². The van der Waals surface area contributed by atoms with Gasteiger partial charge < -0.3 is 9.67 Å². The molecule has 0 bridgehead atoms. The molecule has 2 aromatic rings. The van der Waals surface area contributed by atoms with E-state index in [9.17, 15) is 5.11 Å². The van der Waals surface area contributed by atoms with E-state index in [4.69, 9.17) is 12.2 Å². The molecule has 0 aliphatic carbocycles. The van der Waals surface area contributed by atoms with Gasteiger partial charge in [0.1, 0.15) is 0 Å². The van der Waals surface area contributed by atoms with E-state index in [-0.39, 0.29) is 5.88 Å². The Morgan fingerprint density at radius 2 is 2.26 bits per heavy atom. The van der Waals surface area contributed by atoms with E-state index in [2.05, 4.69) is 16.8 Å². The summed E-state index contributed by atoms with van der Waals surface area (Å²) in [6, 6.07) is 7.62. The van der Waals surface area contributed by atoms with Crippen LogP contribution >= 0.6 is 24.0 Å². The fourth-order valence-electron chi connectivity index (χ4n) is 1.82. The standard InChI is InChI=1S/C13H13N3OS2/c1-3-8-16-10-7-5-4-6-9(10)11(12(16)17)14-15-13(18)19-2/h3-7,17H,1,8H2,2H3. The Hall–Kier alpha value is -1.66. The molecular formula is C13H13N3OS2. The monoisotopic (exact) mass is 291 g/mol. The number of para-hydroxylation sites is 1. The van der Waals surface area contributed by atoms with Crippen LogP contribution in [0.15, 0.2) is 47.1 Å². The average Bonchev–Trinajstić information content (AvgIpc) is 2.70. The number of aromatic nitrogens is 1. The molecule has 0 unspecified atom stereocenters. The van der Waals surface area contributed by atoms with Gasteiger partial charge in [-0.3, -0.25) is 0 Å². The predicted octanol–water partition coefficient (Wildman–Crippen LogP) is 4.26. The number of hydrogen-bond donors (Lipinski definition) is 1. The maximum absolute atomic E-state index is 10.2. The summed E-state index contributed by atoms with van der Waals surface area (Å²) in [7, 11) is 0. The molecule has 0 aliphatic heterocycles. The quantitative estimate of drug-likeness (QED) is 0.522. The van der Waals surface area contributed by atoms with Crippen LogP contribution in [0, 0.1) is 0 Å². The minimum absolute atomic E-state index is 0.0775. The summed E-state index contributed by atoms with van der Waals surface area (Å²) in [5, 5.41) is 19.1. The Kier molecular flexibility index (Phi) is 4.34. The van der Waals surface area contributed by atoms with Gasteiger partial charge in [-0.25, -0.2) is 0 Å². The van der Waals surface area contributed by atoms with Gasteiger partial charge in [0.05, 0.1) is 5.52 Å². The number of thiocarbonyl (C=S) groups is 1. The molecule has 1 aromatic heterocycles. The van der Waals surface area contributed by atoms with Crippen LogP contribution in [0.4, 0.5) is 5.69 Å². The summed E-state index contributed by atoms with van der Waals surface area (Å²) in [6.45, 7) is 4.20. The number of rotatable bonds is 3. The van der Waals surface area contributed by atoms with Gasteiger partial charge in [0.15, 0.2) is 10.0 Å². The number of nitrogens with zero attached hydrogens (tertiary/aromatic N) is 3. The van der Waals surface area contributed by atoms with E-state index in [1.54, 1.807) is 10.6 Å². The number of benzene rings is 1. The SMILES string of the molecule is C=CCn1c(O)c(N=NC(=S)SC)c2ccccc21. The number of azo groups is 1. The Labute approximate surface area is 120 Å². The van der Waals surface area contributed by atoms with E-state index in [1.165, 1.54) is 11.8 Å². The van der Waals surface area contributed by atoms with E-state index in [0.29, 0.717) is 16.6 Å². The molecule has 0 amide bonds. The zero-order valence-electron chi connectivity index (χ0n) is 10.4. The fourth-order valence-corrected chi connectivity index (χ4v) is 1.98. The average molecular weight is 291 g/mol. The first-order valence-corrected chi connectivity index (χ1v) is 7.23. The molecule has 0 aliphatic rings. The first kappa shape index (κ1) is 13.8. The normalized spacial score (nSPS) is 11.2. The van der Waals surface area contributed by atoms with Gasteiger partial charge in [-0.05, 0) is 24.5 Å². The zero-order valence-corrected chi connectivity index (χ0v) is 12.0. The molecule has 0 saturated heterocycles. The second kappa shape index (κ2) is 5.99. The van der Waals surface area contributed by atoms with Crippen LogP contribution in [0.2, 0.25) is 0 Å². The Morgan fingerprint density at radius 1 is 1.53 bits per heavy atom. The van der Waals surface area contributed by atoms with Crippen molar-refractivity contribution in [3.05, 3.63) is 36.9 Å². The van der Waals surface area contributed by atoms with Crippen LogP contribution in [0.5, 0.6) is 5.88 Å². The van der Waals surface area contributed by atoms with Crippen molar-refractivity contribution in [3.63, 3.8) is 0 Å². The second-order valence-corrected chi connectivity index (χ2v) is 5.20. The molecule has 1 aromatic carbocycles. The van der Waals surface area contributed by atoms with Crippen molar-refractivity contribution >= 4 is 44.9 Å². The van der Waals surface area contributed by atoms with E-state index in [0.717, 1.165) is 10.9 Å². The topological polar surface area (TPSA) is 49.9 Å². The van der Waals surface area contributed by atoms with Crippen molar-refractivity contribution in [2.45, 2.75) is 6.54 Å². The number of thioether (sulfide) groups is 1. The molecule has 1 N–H and O–H groups in total. The molecule has 0 spiro atoms. The number of fused-ring (bicyclic) bond motifs is 1. The van der Waals surface area contributed by atoms with E-state index >= 15 is 0 Å². The Bertz CT molecular complexity index is 661. The van der Waals surface area contributed by atoms with Gasteiger partial charge in [0, 0.05) is 11.9 Å². The van der Waals surface area contributed by atoms with E-state index in [1.807, 2.05) is 30.5 Å². The molecule has 0 atom stereocenters. The highest BCUT2D eigenvalue weighted by Crippen LogP contribution is 2.38. The minimum atomic E-state index is 0.0775. The number of aromatic hydroxyl groups is 1. The third kappa shape index (κ3) is 2.69. The van der Waals surface area contributed by atoms with Crippen molar-refractivity contribution in [2.24, 2.45) is 10.2 Å². The summed E-state index contributed by atoms with van der Waals surface area (Å²) in [5.41, 5.74) is 1.33. The van der Waals surface area contributed by atoms with Gasteiger partial charge in [0.25, 0.3) is 0 Å². The van der Waals surface area contributed by atoms with Crippen molar-refractivity contribution in [2.75, 3.05) is 6.26 Å². The predicted molar refractivity (Wildman–Crippen MR) is 84.4 cm³/mol. The van der Waals surface area contributed by atoms with Crippen molar-refractivity contribution in [1.82, 2.24) is 4.57 Å². The van der Waals surface area contributed by atoms with Gasteiger partial charge in [-0.2, -0.15) is 0 Å². The van der Waals surface area contributed by atoms with Gasteiger partial charge >= 0.3 is 0 Å². The third-order valence-corrected chi connectivity index (χ3v) is 3.65. The summed E-state index contributed by atoms with van der Waals surface area (Å²) in [5.74, 6) is 0.0775. The summed E-state index contributed by atoms with van der Waals surface area (Å²) in [4.78, 5) is 0. The zero-order chi connectivity index (χ0) is 13.8. The smallest absolute Gasteiger partial charge is 0.221 e. The van der Waals surface area contributed by atoms with Crippen LogP contribution in [-0.2, 0) is 6.54 Å². The molecule has 1 heterocycles. The van der Waals surface area contributed by atoms with Crippen LogP contribution in [0.25, 0.3) is 10.9 Å². The summed E-state index contributed by atoms with van der Waals surface area (Å²) >= 11 is 6.32. The lowest BCUT2D eigenvalue weighted by Crippen LogP contribution is -1.92. The van der Waals surface area contributed by atoms with Crippen molar-refractivity contribution < 1.29 is 5.11 Å². The highest BCUT2D eigenvalue weighted by Gasteiger charge is 2.15.